The van der Waals surface area contributed by atoms with E-state index in [0.29, 0.717) is 11.1 Å². The molecule has 2 heterocycles. The Bertz CT molecular complexity index is 874. The number of nitriles is 1. The maximum Gasteiger partial charge on any atom is 0.271 e. The van der Waals surface area contributed by atoms with Gasteiger partial charge < -0.3 is 10.7 Å². The van der Waals surface area contributed by atoms with Crippen molar-refractivity contribution in [3.8, 4) is 12.0 Å². The summed E-state index contributed by atoms with van der Waals surface area (Å²) >= 11 is 1.21. The number of amides is 1. The summed E-state index contributed by atoms with van der Waals surface area (Å²) in [6.07, 6.45) is 4.52. The minimum absolute atomic E-state index is 0.112. The van der Waals surface area contributed by atoms with Crippen LogP contribution in [-0.2, 0) is 4.79 Å². The highest BCUT2D eigenvalue weighted by Gasteiger charge is 2.38. The highest BCUT2D eigenvalue weighted by atomic mass is 32.2. The molecule has 2 aromatic rings. The number of thioether (sulfide) groups is 1. The van der Waals surface area contributed by atoms with Crippen molar-refractivity contribution >= 4 is 17.7 Å². The van der Waals surface area contributed by atoms with E-state index in [-0.39, 0.29) is 11.7 Å². The highest BCUT2D eigenvalue weighted by Crippen LogP contribution is 2.33. The van der Waals surface area contributed by atoms with Gasteiger partial charge in [-0.1, -0.05) is 31.0 Å². The van der Waals surface area contributed by atoms with Gasteiger partial charge in [-0.05, 0) is 32.8 Å². The van der Waals surface area contributed by atoms with Crippen LogP contribution >= 0.6 is 11.8 Å². The summed E-state index contributed by atoms with van der Waals surface area (Å²) < 4.78 is 2.95. The van der Waals surface area contributed by atoms with Crippen LogP contribution in [0.4, 0.5) is 0 Å². The molecule has 144 valence electrons. The molecule has 1 aliphatic carbocycles. The van der Waals surface area contributed by atoms with Crippen LogP contribution in [0.15, 0.2) is 11.2 Å². The van der Waals surface area contributed by atoms with Crippen LogP contribution < -0.4 is 5.84 Å². The van der Waals surface area contributed by atoms with Crippen LogP contribution in [0, 0.1) is 25.2 Å². The first-order chi connectivity index (χ1) is 12.9. The standard InChI is InChI=1S/C17H24N8OS/c1-12-9-13(2)25(22-12)15-20-21-16(24(15)19)27-10-14(26)23(3)17(11-18)7-5-4-6-8-17/h9H,4-8,10,19H2,1-3H3. The van der Waals surface area contributed by atoms with E-state index in [9.17, 15) is 10.1 Å². The van der Waals surface area contributed by atoms with Crippen LogP contribution in [0.1, 0.15) is 43.5 Å². The number of rotatable bonds is 5. The molecule has 27 heavy (non-hydrogen) atoms. The first-order valence-corrected chi connectivity index (χ1v) is 9.91. The van der Waals surface area contributed by atoms with Crippen LogP contribution in [0.25, 0.3) is 5.95 Å². The third-order valence-corrected chi connectivity index (χ3v) is 6.00. The third kappa shape index (κ3) is 3.64. The maximum absolute atomic E-state index is 12.7. The molecule has 1 fully saturated rings. The van der Waals surface area contributed by atoms with Crippen molar-refractivity contribution in [2.45, 2.75) is 56.6 Å². The van der Waals surface area contributed by atoms with Crippen LogP contribution in [0.5, 0.6) is 0 Å². The molecule has 9 nitrogen and oxygen atoms in total. The molecule has 0 aliphatic heterocycles. The van der Waals surface area contributed by atoms with Gasteiger partial charge in [0.05, 0.1) is 17.5 Å². The Labute approximate surface area is 162 Å². The highest BCUT2D eigenvalue weighted by molar-refractivity contribution is 7.99. The fourth-order valence-electron chi connectivity index (χ4n) is 3.46. The van der Waals surface area contributed by atoms with E-state index in [1.54, 1.807) is 16.6 Å². The number of hydrogen-bond acceptors (Lipinski definition) is 7. The molecule has 1 amide bonds. The zero-order valence-electron chi connectivity index (χ0n) is 15.8. The Kier molecular flexibility index (Phi) is 5.41. The number of carbonyl (C=O) groups excluding carboxylic acids is 1. The molecule has 2 N–H and O–H groups in total. The van der Waals surface area contributed by atoms with Gasteiger partial charge in [0.2, 0.25) is 11.1 Å². The monoisotopic (exact) mass is 388 g/mol. The Morgan fingerprint density at radius 2 is 2.07 bits per heavy atom. The van der Waals surface area contributed by atoms with Gasteiger partial charge in [-0.3, -0.25) is 4.79 Å². The summed E-state index contributed by atoms with van der Waals surface area (Å²) in [6, 6.07) is 4.29. The van der Waals surface area contributed by atoms with E-state index in [1.807, 2.05) is 19.9 Å². The number of nitrogens with two attached hydrogens (primary N) is 1. The number of hydrogen-bond donors (Lipinski definition) is 1. The Morgan fingerprint density at radius 3 is 2.67 bits per heavy atom. The lowest BCUT2D eigenvalue weighted by molar-refractivity contribution is -0.131. The summed E-state index contributed by atoms with van der Waals surface area (Å²) in [6.45, 7) is 3.80. The summed E-state index contributed by atoms with van der Waals surface area (Å²) in [5.41, 5.74) is 1.06. The molecular weight excluding hydrogens is 364 g/mol. The van der Waals surface area contributed by atoms with Gasteiger partial charge in [0.15, 0.2) is 0 Å². The molecule has 0 radical (unpaired) electrons. The zero-order chi connectivity index (χ0) is 19.6. The van der Waals surface area contributed by atoms with Crippen molar-refractivity contribution in [1.29, 1.82) is 5.26 Å². The lowest BCUT2D eigenvalue weighted by Crippen LogP contribution is -2.50. The fraction of sp³-hybridized carbons (Fsp3) is 0.588. The van der Waals surface area contributed by atoms with Crippen LogP contribution in [0.2, 0.25) is 0 Å². The molecular formula is C17H24N8OS. The molecule has 2 aromatic heterocycles. The predicted molar refractivity (Wildman–Crippen MR) is 102 cm³/mol. The first-order valence-electron chi connectivity index (χ1n) is 8.93. The molecule has 0 atom stereocenters. The number of nitrogens with zero attached hydrogens (tertiary/aromatic N) is 7. The average molecular weight is 389 g/mol. The van der Waals surface area contributed by atoms with E-state index in [4.69, 9.17) is 5.84 Å². The molecule has 0 bridgehead atoms. The number of aromatic nitrogens is 5. The summed E-state index contributed by atoms with van der Waals surface area (Å²) in [7, 11) is 1.71. The van der Waals surface area contributed by atoms with E-state index in [1.165, 1.54) is 16.4 Å². The number of aryl methyl sites for hydroxylation is 2. The van der Waals surface area contributed by atoms with Gasteiger partial charge in [0.25, 0.3) is 5.95 Å². The van der Waals surface area contributed by atoms with Gasteiger partial charge in [0.1, 0.15) is 5.54 Å². The molecule has 0 saturated heterocycles. The third-order valence-electron chi connectivity index (χ3n) is 5.08. The molecule has 10 heteroatoms. The van der Waals surface area contributed by atoms with E-state index >= 15 is 0 Å². The topological polar surface area (TPSA) is 119 Å². The minimum Gasteiger partial charge on any atom is -0.334 e. The quantitative estimate of drug-likeness (QED) is 0.610. The maximum atomic E-state index is 12.7. The Morgan fingerprint density at radius 1 is 1.37 bits per heavy atom. The largest absolute Gasteiger partial charge is 0.334 e. The summed E-state index contributed by atoms with van der Waals surface area (Å²) in [5, 5.41) is 22.6. The smallest absolute Gasteiger partial charge is 0.271 e. The van der Waals surface area contributed by atoms with Crippen molar-refractivity contribution in [1.82, 2.24) is 29.6 Å². The van der Waals surface area contributed by atoms with Gasteiger partial charge in [-0.2, -0.15) is 10.4 Å². The van der Waals surface area contributed by atoms with Gasteiger partial charge >= 0.3 is 0 Å². The second-order valence-electron chi connectivity index (χ2n) is 6.94. The van der Waals surface area contributed by atoms with E-state index in [0.717, 1.165) is 43.5 Å². The lowest BCUT2D eigenvalue weighted by Gasteiger charge is -2.39. The Balaban J connectivity index is 1.69. The van der Waals surface area contributed by atoms with Gasteiger partial charge in [-0.15, -0.1) is 10.2 Å². The number of nitrogen functional groups attached to an aromatic ring is 1. The first kappa shape index (κ1) is 19.2. The van der Waals surface area contributed by atoms with Crippen molar-refractivity contribution in [3.05, 3.63) is 17.5 Å². The molecule has 3 rings (SSSR count). The molecule has 1 saturated carbocycles. The second-order valence-corrected chi connectivity index (χ2v) is 7.88. The summed E-state index contributed by atoms with van der Waals surface area (Å²) in [5.74, 6) is 6.53. The summed E-state index contributed by atoms with van der Waals surface area (Å²) in [4.78, 5) is 14.3. The van der Waals surface area contributed by atoms with Crippen molar-refractivity contribution in [2.75, 3.05) is 18.6 Å². The van der Waals surface area contributed by atoms with Crippen LogP contribution in [0.3, 0.4) is 0 Å². The normalized spacial score (nSPS) is 16.1. The second kappa shape index (κ2) is 7.60. The van der Waals surface area contributed by atoms with Crippen molar-refractivity contribution in [2.24, 2.45) is 0 Å². The molecule has 0 unspecified atom stereocenters. The van der Waals surface area contributed by atoms with E-state index < -0.39 is 5.54 Å². The predicted octanol–water partition coefficient (Wildman–Crippen LogP) is 1.57. The lowest BCUT2D eigenvalue weighted by atomic mass is 9.81. The minimum atomic E-state index is -0.693. The van der Waals surface area contributed by atoms with Crippen molar-refractivity contribution < 1.29 is 4.79 Å². The molecule has 1 aliphatic rings. The number of carbonyl (C=O) groups is 1. The Hall–Kier alpha value is -2.54. The zero-order valence-corrected chi connectivity index (χ0v) is 16.7. The van der Waals surface area contributed by atoms with Crippen molar-refractivity contribution in [3.63, 3.8) is 0 Å². The van der Waals surface area contributed by atoms with Gasteiger partial charge in [-0.25, -0.2) is 9.36 Å². The fourth-order valence-corrected chi connectivity index (χ4v) is 4.23. The molecule has 0 spiro atoms. The van der Waals surface area contributed by atoms with E-state index in [2.05, 4.69) is 21.4 Å². The average Bonchev–Trinajstić information content (AvgIpc) is 3.20. The SMILES string of the molecule is Cc1cc(C)n(-c2nnc(SCC(=O)N(C)C3(C#N)CCCCC3)n2N)n1. The van der Waals surface area contributed by atoms with Crippen LogP contribution in [-0.4, -0.2) is 53.8 Å². The molecule has 0 aromatic carbocycles. The van der Waals surface area contributed by atoms with Gasteiger partial charge in [0, 0.05) is 12.7 Å².